The minimum Gasteiger partial charge on any atom is -0.357 e. The molecule has 1 fully saturated rings. The molecule has 2 heterocycles. The van der Waals surface area contributed by atoms with Crippen molar-refractivity contribution in [3.63, 3.8) is 0 Å². The molecule has 6 nitrogen and oxygen atoms in total. The summed E-state index contributed by atoms with van der Waals surface area (Å²) in [5.74, 6) is 2.67. The van der Waals surface area contributed by atoms with Gasteiger partial charge in [0.2, 0.25) is 0 Å². The van der Waals surface area contributed by atoms with Crippen molar-refractivity contribution in [3.8, 4) is 0 Å². The Balaban J connectivity index is 2.05. The molecule has 20 heavy (non-hydrogen) atoms. The van der Waals surface area contributed by atoms with Crippen LogP contribution in [0.5, 0.6) is 0 Å². The van der Waals surface area contributed by atoms with Crippen LogP contribution >= 0.6 is 0 Å². The highest BCUT2D eigenvalue weighted by atomic mass is 15.3. The molecule has 1 aromatic heterocycles. The first-order valence-electron chi connectivity index (χ1n) is 7.64. The fraction of sp³-hybridized carbons (Fsp3) is 0.786. The number of likely N-dealkylation sites (tertiary alicyclic amines) is 1. The van der Waals surface area contributed by atoms with Crippen LogP contribution < -0.4 is 5.32 Å². The maximum absolute atomic E-state index is 4.73. The molecule has 0 aliphatic carbocycles. The number of aryl methyl sites for hydroxylation is 1. The summed E-state index contributed by atoms with van der Waals surface area (Å²) >= 11 is 0. The zero-order valence-electron chi connectivity index (χ0n) is 12.8. The predicted molar refractivity (Wildman–Crippen MR) is 80.5 cm³/mol. The molecule has 0 aromatic carbocycles. The zero-order valence-corrected chi connectivity index (χ0v) is 12.8. The van der Waals surface area contributed by atoms with Gasteiger partial charge in [-0.1, -0.05) is 6.92 Å². The first-order valence-corrected chi connectivity index (χ1v) is 7.64. The lowest BCUT2D eigenvalue weighted by atomic mass is 10.0. The Morgan fingerprint density at radius 3 is 3.05 bits per heavy atom. The summed E-state index contributed by atoms with van der Waals surface area (Å²) in [7, 11) is 0. The molecule has 1 saturated heterocycles. The highest BCUT2D eigenvalue weighted by Crippen LogP contribution is 2.15. The van der Waals surface area contributed by atoms with Crippen molar-refractivity contribution in [2.45, 2.75) is 46.7 Å². The summed E-state index contributed by atoms with van der Waals surface area (Å²) in [6, 6.07) is 0. The van der Waals surface area contributed by atoms with Crippen LogP contribution in [0.15, 0.2) is 11.3 Å². The number of guanidine groups is 1. The number of hydrogen-bond donors (Lipinski definition) is 1. The van der Waals surface area contributed by atoms with Crippen LogP contribution in [0.1, 0.15) is 39.4 Å². The van der Waals surface area contributed by atoms with E-state index in [1.807, 2.05) is 4.57 Å². The van der Waals surface area contributed by atoms with E-state index in [2.05, 4.69) is 41.2 Å². The number of aromatic nitrogens is 3. The van der Waals surface area contributed by atoms with Crippen molar-refractivity contribution in [1.29, 1.82) is 0 Å². The van der Waals surface area contributed by atoms with Crippen LogP contribution in [0, 0.1) is 5.92 Å². The highest BCUT2D eigenvalue weighted by molar-refractivity contribution is 5.80. The highest BCUT2D eigenvalue weighted by Gasteiger charge is 2.19. The van der Waals surface area contributed by atoms with Gasteiger partial charge >= 0.3 is 0 Å². The lowest BCUT2D eigenvalue weighted by Crippen LogP contribution is -2.46. The van der Waals surface area contributed by atoms with Gasteiger partial charge in [-0.3, -0.25) is 0 Å². The lowest BCUT2D eigenvalue weighted by molar-refractivity contribution is 0.266. The molecule has 0 spiro atoms. The molecule has 0 radical (unpaired) electrons. The Morgan fingerprint density at radius 1 is 1.50 bits per heavy atom. The number of nitrogens with zero attached hydrogens (tertiary/aromatic N) is 5. The molecular formula is C14H26N6. The van der Waals surface area contributed by atoms with Crippen molar-refractivity contribution in [2.75, 3.05) is 19.6 Å². The average molecular weight is 278 g/mol. The van der Waals surface area contributed by atoms with Gasteiger partial charge in [0.1, 0.15) is 12.9 Å². The third kappa shape index (κ3) is 3.71. The van der Waals surface area contributed by atoms with Crippen LogP contribution in [0.4, 0.5) is 0 Å². The standard InChI is InChI=1S/C14H26N6/c1-4-15-14(20-8-6-7-12(3)10-20)16-9-13-18-17-11-19(13)5-2/h11-12H,4-10H2,1-3H3,(H,15,16). The van der Waals surface area contributed by atoms with E-state index in [1.165, 1.54) is 12.8 Å². The lowest BCUT2D eigenvalue weighted by Gasteiger charge is -2.33. The van der Waals surface area contributed by atoms with E-state index in [1.54, 1.807) is 6.33 Å². The number of aliphatic imine (C=N–C) groups is 1. The first-order chi connectivity index (χ1) is 9.74. The van der Waals surface area contributed by atoms with E-state index in [-0.39, 0.29) is 0 Å². The molecule has 1 aliphatic heterocycles. The van der Waals surface area contributed by atoms with Crippen molar-refractivity contribution < 1.29 is 0 Å². The molecule has 1 aliphatic rings. The Labute approximate surface area is 121 Å². The van der Waals surface area contributed by atoms with E-state index in [0.29, 0.717) is 6.54 Å². The Bertz CT molecular complexity index is 439. The van der Waals surface area contributed by atoms with Gasteiger partial charge in [0.15, 0.2) is 11.8 Å². The Morgan fingerprint density at radius 2 is 2.35 bits per heavy atom. The van der Waals surface area contributed by atoms with Crippen LogP contribution in [-0.4, -0.2) is 45.3 Å². The molecule has 0 amide bonds. The Hall–Kier alpha value is -1.59. The van der Waals surface area contributed by atoms with Crippen LogP contribution in [0.2, 0.25) is 0 Å². The summed E-state index contributed by atoms with van der Waals surface area (Å²) in [4.78, 5) is 7.10. The van der Waals surface area contributed by atoms with E-state index in [0.717, 1.165) is 43.9 Å². The molecule has 0 saturated carbocycles. The van der Waals surface area contributed by atoms with E-state index < -0.39 is 0 Å². The molecule has 1 N–H and O–H groups in total. The Kier molecular flexibility index (Phi) is 5.38. The fourth-order valence-corrected chi connectivity index (χ4v) is 2.62. The summed E-state index contributed by atoms with van der Waals surface area (Å²) in [6.45, 7) is 11.1. The van der Waals surface area contributed by atoms with Crippen LogP contribution in [-0.2, 0) is 13.1 Å². The third-order valence-corrected chi connectivity index (χ3v) is 3.70. The second-order valence-corrected chi connectivity index (χ2v) is 5.40. The molecule has 1 aromatic rings. The smallest absolute Gasteiger partial charge is 0.194 e. The minimum absolute atomic E-state index is 0.584. The monoisotopic (exact) mass is 278 g/mol. The predicted octanol–water partition coefficient (Wildman–Crippen LogP) is 1.50. The SMILES string of the molecule is CCNC(=NCc1nncn1CC)N1CCCC(C)C1. The van der Waals surface area contributed by atoms with Crippen molar-refractivity contribution in [3.05, 3.63) is 12.2 Å². The van der Waals surface area contributed by atoms with Gasteiger partial charge in [-0.15, -0.1) is 10.2 Å². The second kappa shape index (κ2) is 7.26. The maximum Gasteiger partial charge on any atom is 0.194 e. The average Bonchev–Trinajstić information content (AvgIpc) is 2.91. The normalized spacial score (nSPS) is 20.2. The molecule has 6 heteroatoms. The van der Waals surface area contributed by atoms with Gasteiger partial charge in [0.05, 0.1) is 0 Å². The zero-order chi connectivity index (χ0) is 14.4. The molecule has 2 rings (SSSR count). The van der Waals surface area contributed by atoms with Gasteiger partial charge in [0.25, 0.3) is 0 Å². The van der Waals surface area contributed by atoms with Gasteiger partial charge in [-0.05, 0) is 32.6 Å². The molecule has 1 atom stereocenters. The molecule has 0 bridgehead atoms. The fourth-order valence-electron chi connectivity index (χ4n) is 2.62. The number of hydrogen-bond acceptors (Lipinski definition) is 3. The van der Waals surface area contributed by atoms with Gasteiger partial charge < -0.3 is 14.8 Å². The van der Waals surface area contributed by atoms with Crippen LogP contribution in [0.25, 0.3) is 0 Å². The second-order valence-electron chi connectivity index (χ2n) is 5.40. The number of piperidine rings is 1. The summed E-state index contributed by atoms with van der Waals surface area (Å²) in [6.07, 6.45) is 4.33. The molecular weight excluding hydrogens is 252 g/mol. The minimum atomic E-state index is 0.584. The molecule has 1 unspecified atom stereocenters. The summed E-state index contributed by atoms with van der Waals surface area (Å²) in [5.41, 5.74) is 0. The largest absolute Gasteiger partial charge is 0.357 e. The quantitative estimate of drug-likeness (QED) is 0.670. The van der Waals surface area contributed by atoms with Gasteiger partial charge in [0, 0.05) is 26.2 Å². The van der Waals surface area contributed by atoms with Crippen molar-refractivity contribution >= 4 is 5.96 Å². The van der Waals surface area contributed by atoms with E-state index in [4.69, 9.17) is 4.99 Å². The topological polar surface area (TPSA) is 58.3 Å². The van der Waals surface area contributed by atoms with E-state index >= 15 is 0 Å². The maximum atomic E-state index is 4.73. The van der Waals surface area contributed by atoms with E-state index in [9.17, 15) is 0 Å². The summed E-state index contributed by atoms with van der Waals surface area (Å²) < 4.78 is 2.03. The number of rotatable bonds is 4. The number of nitrogens with one attached hydrogen (secondary N) is 1. The van der Waals surface area contributed by atoms with Crippen molar-refractivity contribution in [2.24, 2.45) is 10.9 Å². The first kappa shape index (κ1) is 14.8. The van der Waals surface area contributed by atoms with Gasteiger partial charge in [-0.2, -0.15) is 0 Å². The van der Waals surface area contributed by atoms with Gasteiger partial charge in [-0.25, -0.2) is 4.99 Å². The van der Waals surface area contributed by atoms with Crippen molar-refractivity contribution in [1.82, 2.24) is 25.0 Å². The molecule has 112 valence electrons. The third-order valence-electron chi connectivity index (χ3n) is 3.70. The summed E-state index contributed by atoms with van der Waals surface area (Å²) in [5, 5.41) is 11.5. The van der Waals surface area contributed by atoms with Crippen LogP contribution in [0.3, 0.4) is 0 Å².